The summed E-state index contributed by atoms with van der Waals surface area (Å²) in [5.41, 5.74) is 5.51. The summed E-state index contributed by atoms with van der Waals surface area (Å²) in [6.07, 6.45) is 3.02. The highest BCUT2D eigenvalue weighted by molar-refractivity contribution is 5.42. The van der Waals surface area contributed by atoms with Crippen molar-refractivity contribution in [3.8, 4) is 5.75 Å². The lowest BCUT2D eigenvalue weighted by atomic mass is 9.88. The first-order chi connectivity index (χ1) is 7.99. The molecule has 5 heteroatoms. The fourth-order valence-electron chi connectivity index (χ4n) is 2.42. The van der Waals surface area contributed by atoms with E-state index >= 15 is 0 Å². The van der Waals surface area contributed by atoms with Crippen molar-refractivity contribution in [2.24, 2.45) is 5.73 Å². The van der Waals surface area contributed by atoms with Crippen molar-refractivity contribution in [1.82, 2.24) is 0 Å². The number of halogens is 3. The van der Waals surface area contributed by atoms with E-state index in [4.69, 9.17) is 10.5 Å². The Morgan fingerprint density at radius 2 is 1.76 bits per heavy atom. The topological polar surface area (TPSA) is 35.2 Å². The molecular formula is C12H14F3NO. The van der Waals surface area contributed by atoms with Crippen LogP contribution in [-0.4, -0.2) is 7.11 Å². The van der Waals surface area contributed by atoms with Crippen molar-refractivity contribution in [3.05, 3.63) is 29.1 Å². The standard InChI is InChI=1S/C12H14F3NO/c1-17-11-7(12(16)4-2-3-5-12)6-8(13)9(14)10(11)15/h6H,2-5,16H2,1H3. The normalized spacial score (nSPS) is 18.4. The van der Waals surface area contributed by atoms with Crippen LogP contribution in [0.15, 0.2) is 6.07 Å². The van der Waals surface area contributed by atoms with E-state index in [0.717, 1.165) is 18.9 Å². The molecule has 1 saturated carbocycles. The fourth-order valence-corrected chi connectivity index (χ4v) is 2.42. The molecule has 2 N–H and O–H groups in total. The molecule has 2 nitrogen and oxygen atoms in total. The second-order valence-corrected chi connectivity index (χ2v) is 4.43. The lowest BCUT2D eigenvalue weighted by molar-refractivity contribution is 0.335. The second kappa shape index (κ2) is 4.22. The smallest absolute Gasteiger partial charge is 0.204 e. The van der Waals surface area contributed by atoms with Crippen LogP contribution in [0.2, 0.25) is 0 Å². The predicted molar refractivity (Wildman–Crippen MR) is 57.2 cm³/mol. The zero-order chi connectivity index (χ0) is 12.6. The van der Waals surface area contributed by atoms with Crippen molar-refractivity contribution in [1.29, 1.82) is 0 Å². The molecule has 0 unspecified atom stereocenters. The SMILES string of the molecule is COc1c(C2(N)CCCC2)cc(F)c(F)c1F. The minimum atomic E-state index is -1.52. The Labute approximate surface area is 97.6 Å². The maximum absolute atomic E-state index is 13.6. The lowest BCUT2D eigenvalue weighted by Gasteiger charge is -2.26. The van der Waals surface area contributed by atoms with Gasteiger partial charge < -0.3 is 10.5 Å². The third kappa shape index (κ3) is 1.88. The van der Waals surface area contributed by atoms with Crippen molar-refractivity contribution in [2.75, 3.05) is 7.11 Å². The Hall–Kier alpha value is -1.23. The molecule has 0 heterocycles. The fraction of sp³-hybridized carbons (Fsp3) is 0.500. The third-order valence-corrected chi connectivity index (χ3v) is 3.35. The van der Waals surface area contributed by atoms with Crippen molar-refractivity contribution >= 4 is 0 Å². The molecule has 1 aromatic rings. The summed E-state index contributed by atoms with van der Waals surface area (Å²) in [5, 5.41) is 0. The predicted octanol–water partition coefficient (Wildman–Crippen LogP) is 2.84. The molecule has 0 spiro atoms. The average molecular weight is 245 g/mol. The number of hydrogen-bond donors (Lipinski definition) is 1. The van der Waals surface area contributed by atoms with Crippen LogP contribution >= 0.6 is 0 Å². The van der Waals surface area contributed by atoms with Crippen LogP contribution < -0.4 is 10.5 Å². The number of benzene rings is 1. The molecule has 1 aliphatic rings. The van der Waals surface area contributed by atoms with Gasteiger partial charge in [-0.05, 0) is 18.9 Å². The van der Waals surface area contributed by atoms with Gasteiger partial charge in [-0.2, -0.15) is 4.39 Å². The van der Waals surface area contributed by atoms with Crippen LogP contribution in [0.3, 0.4) is 0 Å². The number of rotatable bonds is 2. The zero-order valence-electron chi connectivity index (χ0n) is 9.53. The Morgan fingerprint density at radius 1 is 1.18 bits per heavy atom. The molecule has 94 valence electrons. The number of methoxy groups -OCH3 is 1. The van der Waals surface area contributed by atoms with Gasteiger partial charge in [-0.3, -0.25) is 0 Å². The van der Waals surface area contributed by atoms with Gasteiger partial charge in [0.2, 0.25) is 5.82 Å². The van der Waals surface area contributed by atoms with Gasteiger partial charge in [0.25, 0.3) is 0 Å². The first-order valence-corrected chi connectivity index (χ1v) is 5.50. The summed E-state index contributed by atoms with van der Waals surface area (Å²) >= 11 is 0. The summed E-state index contributed by atoms with van der Waals surface area (Å²) in [6.45, 7) is 0. The van der Waals surface area contributed by atoms with Crippen LogP contribution in [0.5, 0.6) is 5.75 Å². The molecule has 0 bridgehead atoms. The van der Waals surface area contributed by atoms with E-state index in [0.29, 0.717) is 12.8 Å². The van der Waals surface area contributed by atoms with Crippen LogP contribution in [0.1, 0.15) is 31.2 Å². The summed E-state index contributed by atoms with van der Waals surface area (Å²) < 4.78 is 44.7. The maximum atomic E-state index is 13.6. The Morgan fingerprint density at radius 3 is 2.29 bits per heavy atom. The van der Waals surface area contributed by atoms with E-state index < -0.39 is 23.0 Å². The second-order valence-electron chi connectivity index (χ2n) is 4.43. The Bertz CT molecular complexity index is 442. The summed E-state index contributed by atoms with van der Waals surface area (Å²) in [5.74, 6) is -4.34. The Balaban J connectivity index is 2.60. The molecule has 0 radical (unpaired) electrons. The number of hydrogen-bond acceptors (Lipinski definition) is 2. The van der Waals surface area contributed by atoms with Crippen molar-refractivity contribution in [3.63, 3.8) is 0 Å². The van der Waals surface area contributed by atoms with Gasteiger partial charge in [0.05, 0.1) is 7.11 Å². The molecule has 1 fully saturated rings. The van der Waals surface area contributed by atoms with Crippen LogP contribution in [0.25, 0.3) is 0 Å². The van der Waals surface area contributed by atoms with Crippen LogP contribution in [0.4, 0.5) is 13.2 Å². The molecule has 1 aliphatic carbocycles. The maximum Gasteiger partial charge on any atom is 0.204 e. The van der Waals surface area contributed by atoms with Gasteiger partial charge in [-0.25, -0.2) is 8.78 Å². The van der Waals surface area contributed by atoms with Gasteiger partial charge in [0.15, 0.2) is 17.4 Å². The molecule has 2 rings (SSSR count). The molecule has 1 aromatic carbocycles. The quantitative estimate of drug-likeness (QED) is 0.813. The lowest BCUT2D eigenvalue weighted by Crippen LogP contribution is -2.34. The minimum absolute atomic E-state index is 0.217. The molecule has 0 aliphatic heterocycles. The van der Waals surface area contributed by atoms with E-state index in [1.165, 1.54) is 7.11 Å². The van der Waals surface area contributed by atoms with E-state index in [-0.39, 0.29) is 11.3 Å². The van der Waals surface area contributed by atoms with Crippen LogP contribution in [-0.2, 0) is 5.54 Å². The first-order valence-electron chi connectivity index (χ1n) is 5.50. The first kappa shape index (κ1) is 12.2. The van der Waals surface area contributed by atoms with E-state index in [9.17, 15) is 13.2 Å². The molecular weight excluding hydrogens is 231 g/mol. The summed E-state index contributed by atoms with van der Waals surface area (Å²) in [6, 6.07) is 0.947. The van der Waals surface area contributed by atoms with Gasteiger partial charge in [-0.15, -0.1) is 0 Å². The highest BCUT2D eigenvalue weighted by Crippen LogP contribution is 2.42. The van der Waals surface area contributed by atoms with Gasteiger partial charge >= 0.3 is 0 Å². The van der Waals surface area contributed by atoms with Gasteiger partial charge in [-0.1, -0.05) is 12.8 Å². The largest absolute Gasteiger partial charge is 0.493 e. The van der Waals surface area contributed by atoms with E-state index in [2.05, 4.69) is 0 Å². The van der Waals surface area contributed by atoms with Crippen molar-refractivity contribution < 1.29 is 17.9 Å². The minimum Gasteiger partial charge on any atom is -0.493 e. The Kier molecular flexibility index (Phi) is 3.03. The molecule has 0 amide bonds. The highest BCUT2D eigenvalue weighted by Gasteiger charge is 2.36. The average Bonchev–Trinajstić information content (AvgIpc) is 2.74. The summed E-state index contributed by atoms with van der Waals surface area (Å²) in [7, 11) is 1.22. The molecule has 17 heavy (non-hydrogen) atoms. The monoisotopic (exact) mass is 245 g/mol. The number of nitrogens with two attached hydrogens (primary N) is 1. The molecule has 0 saturated heterocycles. The van der Waals surface area contributed by atoms with E-state index in [1.54, 1.807) is 0 Å². The highest BCUT2D eigenvalue weighted by atomic mass is 19.2. The number of ether oxygens (including phenoxy) is 1. The van der Waals surface area contributed by atoms with Crippen LogP contribution in [0, 0.1) is 17.5 Å². The van der Waals surface area contributed by atoms with Crippen molar-refractivity contribution in [2.45, 2.75) is 31.2 Å². The molecule has 0 atom stereocenters. The zero-order valence-corrected chi connectivity index (χ0v) is 9.53. The third-order valence-electron chi connectivity index (χ3n) is 3.35. The molecule has 0 aromatic heterocycles. The van der Waals surface area contributed by atoms with E-state index in [1.807, 2.05) is 0 Å². The van der Waals surface area contributed by atoms with Gasteiger partial charge in [0.1, 0.15) is 0 Å². The summed E-state index contributed by atoms with van der Waals surface area (Å²) in [4.78, 5) is 0. The van der Waals surface area contributed by atoms with Gasteiger partial charge in [0, 0.05) is 11.1 Å².